The Morgan fingerprint density at radius 3 is 1.44 bits per heavy atom. The first-order valence-electron chi connectivity index (χ1n) is 1.15. The van der Waals surface area contributed by atoms with Gasteiger partial charge in [0, 0.05) is 10.7 Å². The Balaban J connectivity index is 0. The number of hydrogen-bond acceptors (Lipinski definition) is 3. The van der Waals surface area contributed by atoms with Gasteiger partial charge < -0.3 is 4.55 Å². The van der Waals surface area contributed by atoms with Gasteiger partial charge in [0.25, 0.3) is 0 Å². The molecule has 58 valence electrons. The van der Waals surface area contributed by atoms with Crippen molar-refractivity contribution >= 4 is 51.0 Å². The molecule has 0 amide bonds. The predicted molar refractivity (Wildman–Crippen MR) is 37.2 cm³/mol. The van der Waals surface area contributed by atoms with Crippen LogP contribution in [0.5, 0.6) is 0 Å². The summed E-state index contributed by atoms with van der Waals surface area (Å²) in [5, 5.41) is 0. The van der Waals surface area contributed by atoms with Crippen molar-refractivity contribution in [3.05, 3.63) is 0 Å². The SMILES string of the molecule is O=S(=O)(O)Cl.[O-][S+](Cl)Cl. The Labute approximate surface area is 68.5 Å². The molecule has 0 radical (unpaired) electrons. The molecule has 0 aromatic rings. The summed E-state index contributed by atoms with van der Waals surface area (Å²) >= 11 is 0. The average Bonchev–Trinajstić information content (AvgIpc) is 1.19. The first kappa shape index (κ1) is 12.7. The highest BCUT2D eigenvalue weighted by molar-refractivity contribution is 8.31. The number of hydrogen-bond donors (Lipinski definition) is 1. The van der Waals surface area contributed by atoms with Gasteiger partial charge in [-0.15, -0.1) is 0 Å². The molecule has 0 spiro atoms. The Morgan fingerprint density at radius 2 is 1.44 bits per heavy atom. The molecule has 0 aliphatic carbocycles. The van der Waals surface area contributed by atoms with E-state index < -0.39 is 18.9 Å². The molecule has 4 nitrogen and oxygen atoms in total. The normalized spacial score (nSPS) is 10.4. The van der Waals surface area contributed by atoms with Crippen molar-refractivity contribution in [2.75, 3.05) is 0 Å². The summed E-state index contributed by atoms with van der Waals surface area (Å²) in [6, 6.07) is 0. The predicted octanol–water partition coefficient (Wildman–Crippen LogP) is 1.07. The molecular formula is HCl3O4S2. The quantitative estimate of drug-likeness (QED) is 0.387. The zero-order valence-electron chi connectivity index (χ0n) is 3.62. The van der Waals surface area contributed by atoms with Crippen LogP contribution in [0.4, 0.5) is 0 Å². The molecule has 1 N–H and O–H groups in total. The second kappa shape index (κ2) is 5.84. The van der Waals surface area contributed by atoms with Crippen LogP contribution in [0.15, 0.2) is 0 Å². The molecule has 0 aliphatic heterocycles. The fourth-order valence-corrected chi connectivity index (χ4v) is 0. The van der Waals surface area contributed by atoms with E-state index in [0.29, 0.717) is 0 Å². The molecule has 0 aromatic carbocycles. The number of rotatable bonds is 0. The summed E-state index contributed by atoms with van der Waals surface area (Å²) in [6.07, 6.45) is 0. The van der Waals surface area contributed by atoms with Crippen LogP contribution in [0, 0.1) is 0 Å². The summed E-state index contributed by atoms with van der Waals surface area (Å²) in [6.45, 7) is 0. The highest BCUT2D eigenvalue weighted by Crippen LogP contribution is 1.98. The number of halogens is 3. The van der Waals surface area contributed by atoms with E-state index in [2.05, 4.69) is 32.0 Å². The zero-order chi connectivity index (χ0) is 8.08. The van der Waals surface area contributed by atoms with Gasteiger partial charge in [-0.25, -0.2) is 0 Å². The lowest BCUT2D eigenvalue weighted by Gasteiger charge is -1.73. The molecule has 0 saturated heterocycles. The summed E-state index contributed by atoms with van der Waals surface area (Å²) in [7, 11) is 7.22. The van der Waals surface area contributed by atoms with Gasteiger partial charge in [-0.05, 0) is 0 Å². The van der Waals surface area contributed by atoms with Gasteiger partial charge in [-0.2, -0.15) is 8.42 Å². The first-order chi connectivity index (χ1) is 3.73. The van der Waals surface area contributed by atoms with Crippen molar-refractivity contribution in [1.82, 2.24) is 0 Å². The van der Waals surface area contributed by atoms with Crippen LogP contribution in [0.1, 0.15) is 0 Å². The summed E-state index contributed by atoms with van der Waals surface area (Å²) in [4.78, 5) is 0. The third kappa shape index (κ3) is 385. The Bertz CT molecular complexity index is 125. The minimum atomic E-state index is -4.19. The van der Waals surface area contributed by atoms with Gasteiger partial charge in [0.2, 0.25) is 0 Å². The van der Waals surface area contributed by atoms with Crippen LogP contribution >= 0.6 is 32.0 Å². The van der Waals surface area contributed by atoms with E-state index in [1.807, 2.05) is 0 Å². The summed E-state index contributed by atoms with van der Waals surface area (Å²) in [5.74, 6) is 0. The van der Waals surface area contributed by atoms with Gasteiger partial charge in [0.15, 0.2) is 31.0 Å². The molecule has 0 fully saturated rings. The van der Waals surface area contributed by atoms with Crippen molar-refractivity contribution in [2.24, 2.45) is 0 Å². The smallest absolute Gasteiger partial charge is 0.353 e. The molecule has 0 bridgehead atoms. The van der Waals surface area contributed by atoms with Crippen molar-refractivity contribution in [1.29, 1.82) is 0 Å². The molecule has 0 aromatic heterocycles. The first-order valence-corrected chi connectivity index (χ1v) is 6.21. The van der Waals surface area contributed by atoms with Crippen LogP contribution in [-0.2, 0) is 18.9 Å². The topological polar surface area (TPSA) is 77.4 Å². The van der Waals surface area contributed by atoms with Crippen LogP contribution in [0.3, 0.4) is 0 Å². The van der Waals surface area contributed by atoms with Crippen LogP contribution in [-0.4, -0.2) is 17.5 Å². The molecule has 0 saturated carbocycles. The minimum Gasteiger partial charge on any atom is -0.582 e. The molecule has 0 atom stereocenters. The van der Waals surface area contributed by atoms with E-state index in [1.54, 1.807) is 0 Å². The summed E-state index contributed by atoms with van der Waals surface area (Å²) < 4.78 is 34.3. The van der Waals surface area contributed by atoms with Crippen LogP contribution < -0.4 is 0 Å². The van der Waals surface area contributed by atoms with Crippen LogP contribution in [0.25, 0.3) is 0 Å². The Kier molecular flexibility index (Phi) is 8.27. The standard InChI is InChI=1S/Cl2OS.ClHO3S/c1-4(2)3;1-5(2,3)4/h;(H,2,3,4). The highest BCUT2D eigenvalue weighted by Gasteiger charge is 1.86. The summed E-state index contributed by atoms with van der Waals surface area (Å²) in [5.41, 5.74) is 0. The lowest BCUT2D eigenvalue weighted by Crippen LogP contribution is -1.77. The van der Waals surface area contributed by atoms with Crippen molar-refractivity contribution in [3.8, 4) is 0 Å². The van der Waals surface area contributed by atoms with E-state index in [-0.39, 0.29) is 0 Å². The fraction of sp³-hybridized carbons (Fsp3) is 0. The molecule has 9 heteroatoms. The molecule has 9 heavy (non-hydrogen) atoms. The lowest BCUT2D eigenvalue weighted by atomic mass is 15.9. The maximum atomic E-state index is 9.09. The second-order valence-electron chi connectivity index (χ2n) is 0.596. The molecule has 0 heterocycles. The monoisotopic (exact) mass is 234 g/mol. The molecule has 0 aliphatic rings. The van der Waals surface area contributed by atoms with Gasteiger partial charge in [-0.1, -0.05) is 0 Å². The van der Waals surface area contributed by atoms with Gasteiger partial charge >= 0.3 is 9.33 Å². The van der Waals surface area contributed by atoms with E-state index in [1.165, 1.54) is 0 Å². The lowest BCUT2D eigenvalue weighted by molar-refractivity contribution is 0.501. The second-order valence-corrected chi connectivity index (χ2v) is 5.11. The zero-order valence-corrected chi connectivity index (χ0v) is 7.52. The maximum Gasteiger partial charge on any atom is 0.353 e. The van der Waals surface area contributed by atoms with Crippen molar-refractivity contribution in [2.45, 2.75) is 0 Å². The third-order valence-corrected chi connectivity index (χ3v) is 0. The van der Waals surface area contributed by atoms with Crippen molar-refractivity contribution in [3.63, 3.8) is 0 Å². The Morgan fingerprint density at radius 1 is 1.44 bits per heavy atom. The van der Waals surface area contributed by atoms with Crippen molar-refractivity contribution < 1.29 is 17.5 Å². The largest absolute Gasteiger partial charge is 0.582 e. The molecule has 0 unspecified atom stereocenters. The van der Waals surface area contributed by atoms with E-state index >= 15 is 0 Å². The van der Waals surface area contributed by atoms with Crippen LogP contribution in [0.2, 0.25) is 0 Å². The van der Waals surface area contributed by atoms with Gasteiger partial charge in [-0.3, -0.25) is 4.55 Å². The van der Waals surface area contributed by atoms with Gasteiger partial charge in [0.05, 0.1) is 0 Å². The van der Waals surface area contributed by atoms with E-state index in [9.17, 15) is 0 Å². The molecular weight excluding hydrogens is 234 g/mol. The van der Waals surface area contributed by atoms with E-state index in [4.69, 9.17) is 17.5 Å². The molecule has 0 rings (SSSR count). The average molecular weight is 235 g/mol. The third-order valence-electron chi connectivity index (χ3n) is 0. The Hall–Kier alpha value is 1.09. The highest BCUT2D eigenvalue weighted by atomic mass is 36.0. The minimum absolute atomic E-state index is 1.67. The fourth-order valence-electron chi connectivity index (χ4n) is 0. The van der Waals surface area contributed by atoms with Gasteiger partial charge in [0.1, 0.15) is 0 Å². The van der Waals surface area contributed by atoms with E-state index in [0.717, 1.165) is 0 Å². The maximum absolute atomic E-state index is 9.09.